The Morgan fingerprint density at radius 1 is 1.32 bits per heavy atom. The molecule has 0 unspecified atom stereocenters. The second-order valence-corrected chi connectivity index (χ2v) is 7.99. The molecule has 4 nitrogen and oxygen atoms in total. The fourth-order valence-electron chi connectivity index (χ4n) is 2.00. The summed E-state index contributed by atoms with van der Waals surface area (Å²) in [4.78, 5) is 11.9. The molecule has 1 saturated carbocycles. The number of anilines is 1. The fraction of sp³-hybridized carbons (Fsp3) is 0.357. The molecule has 0 atom stereocenters. The van der Waals surface area contributed by atoms with Gasteiger partial charge in [0.05, 0.1) is 0 Å². The largest absolute Gasteiger partial charge is 0.300 e. The molecule has 1 amide bonds. The number of benzene rings is 1. The van der Waals surface area contributed by atoms with Gasteiger partial charge in [-0.1, -0.05) is 58.8 Å². The molecule has 0 saturated heterocycles. The van der Waals surface area contributed by atoms with E-state index in [2.05, 4.69) is 15.5 Å². The summed E-state index contributed by atoms with van der Waals surface area (Å²) in [5, 5.41) is 12.7. The Hall–Kier alpha value is -0.820. The van der Waals surface area contributed by atoms with Crippen LogP contribution in [-0.4, -0.2) is 16.1 Å². The minimum absolute atomic E-state index is 0.0492. The maximum Gasteiger partial charge on any atom is 0.229 e. The molecule has 1 N–H and O–H groups in total. The molecular formula is C14H13Cl2N3OS2. The number of hydrogen-bond donors (Lipinski definition) is 1. The summed E-state index contributed by atoms with van der Waals surface area (Å²) >= 11 is 15.1. The maximum absolute atomic E-state index is 11.9. The number of rotatable bonds is 5. The Bertz CT molecular complexity index is 668. The lowest BCUT2D eigenvalue weighted by molar-refractivity contribution is -0.122. The Morgan fingerprint density at radius 3 is 2.68 bits per heavy atom. The smallest absolute Gasteiger partial charge is 0.229 e. The average molecular weight is 374 g/mol. The van der Waals surface area contributed by atoms with Crippen LogP contribution in [0.3, 0.4) is 0 Å². The van der Waals surface area contributed by atoms with Crippen LogP contribution in [-0.2, 0) is 10.5 Å². The van der Waals surface area contributed by atoms with Gasteiger partial charge in [-0.15, -0.1) is 10.2 Å². The lowest BCUT2D eigenvalue weighted by Crippen LogP contribution is -2.27. The van der Waals surface area contributed by atoms with E-state index in [1.54, 1.807) is 0 Å². The second-order valence-electron chi connectivity index (χ2n) is 4.98. The fourth-order valence-corrected chi connectivity index (χ4v) is 4.50. The van der Waals surface area contributed by atoms with Gasteiger partial charge in [-0.2, -0.15) is 0 Å². The summed E-state index contributed by atoms with van der Waals surface area (Å²) in [7, 11) is 0. The van der Waals surface area contributed by atoms with Crippen LogP contribution in [0, 0.1) is 5.92 Å². The first-order valence-corrected chi connectivity index (χ1v) is 9.39. The monoisotopic (exact) mass is 373 g/mol. The molecule has 1 aromatic carbocycles. The van der Waals surface area contributed by atoms with E-state index in [9.17, 15) is 4.79 Å². The van der Waals surface area contributed by atoms with Gasteiger partial charge >= 0.3 is 0 Å². The molecule has 1 fully saturated rings. The van der Waals surface area contributed by atoms with Crippen molar-refractivity contribution in [3.05, 3.63) is 33.8 Å². The number of nitrogens with one attached hydrogen (secondary N) is 1. The van der Waals surface area contributed by atoms with E-state index < -0.39 is 0 Å². The first-order valence-electron chi connectivity index (χ1n) is 6.83. The summed E-state index contributed by atoms with van der Waals surface area (Å²) in [6.45, 7) is 0. The third kappa shape index (κ3) is 3.74. The molecule has 0 aliphatic heterocycles. The third-order valence-corrected chi connectivity index (χ3v) is 6.22. The highest BCUT2D eigenvalue weighted by atomic mass is 35.5. The molecule has 1 heterocycles. The number of carbonyl (C=O) groups excluding carboxylic acids is 1. The van der Waals surface area contributed by atoms with Crippen LogP contribution in [0.15, 0.2) is 22.5 Å². The zero-order chi connectivity index (χ0) is 15.5. The van der Waals surface area contributed by atoms with E-state index in [1.165, 1.54) is 23.1 Å². The molecule has 2 aromatic rings. The van der Waals surface area contributed by atoms with Gasteiger partial charge in [0.15, 0.2) is 4.34 Å². The average Bonchev–Trinajstić information content (AvgIpc) is 2.83. The van der Waals surface area contributed by atoms with Crippen LogP contribution in [0.2, 0.25) is 10.0 Å². The quantitative estimate of drug-likeness (QED) is 0.599. The molecular weight excluding hydrogens is 361 g/mol. The second kappa shape index (κ2) is 7.17. The predicted octanol–water partition coefficient (Wildman–Crippen LogP) is 4.88. The molecule has 0 spiro atoms. The highest BCUT2D eigenvalue weighted by molar-refractivity contribution is 8.00. The van der Waals surface area contributed by atoms with E-state index in [4.69, 9.17) is 23.2 Å². The third-order valence-electron chi connectivity index (χ3n) is 3.51. The van der Waals surface area contributed by atoms with Gasteiger partial charge < -0.3 is 5.32 Å². The van der Waals surface area contributed by atoms with Gasteiger partial charge in [0, 0.05) is 21.7 Å². The molecule has 0 bridgehead atoms. The zero-order valence-corrected chi connectivity index (χ0v) is 14.7. The van der Waals surface area contributed by atoms with Gasteiger partial charge in [0.1, 0.15) is 0 Å². The number of aromatic nitrogens is 2. The van der Waals surface area contributed by atoms with Gasteiger partial charge in [0.2, 0.25) is 11.0 Å². The zero-order valence-electron chi connectivity index (χ0n) is 11.5. The summed E-state index contributed by atoms with van der Waals surface area (Å²) in [6.07, 6.45) is 3.07. The van der Waals surface area contributed by atoms with Crippen molar-refractivity contribution in [2.75, 3.05) is 5.32 Å². The van der Waals surface area contributed by atoms with Crippen molar-refractivity contribution in [3.8, 4) is 0 Å². The lowest BCUT2D eigenvalue weighted by atomic mass is 9.85. The molecule has 116 valence electrons. The van der Waals surface area contributed by atoms with Crippen LogP contribution in [0.25, 0.3) is 0 Å². The molecule has 1 aromatic heterocycles. The molecule has 22 heavy (non-hydrogen) atoms. The Morgan fingerprint density at radius 2 is 2.05 bits per heavy atom. The van der Waals surface area contributed by atoms with E-state index in [-0.39, 0.29) is 11.8 Å². The van der Waals surface area contributed by atoms with Crippen LogP contribution in [0.4, 0.5) is 5.13 Å². The number of hydrogen-bond acceptors (Lipinski definition) is 5. The minimum Gasteiger partial charge on any atom is -0.300 e. The van der Waals surface area contributed by atoms with Crippen molar-refractivity contribution in [2.24, 2.45) is 5.92 Å². The maximum atomic E-state index is 11.9. The van der Waals surface area contributed by atoms with Gasteiger partial charge in [0.25, 0.3) is 0 Å². The van der Waals surface area contributed by atoms with Gasteiger partial charge in [-0.3, -0.25) is 4.79 Å². The van der Waals surface area contributed by atoms with Crippen molar-refractivity contribution in [1.29, 1.82) is 0 Å². The van der Waals surface area contributed by atoms with Crippen molar-refractivity contribution < 1.29 is 4.79 Å². The van der Waals surface area contributed by atoms with E-state index in [1.807, 2.05) is 18.2 Å². The van der Waals surface area contributed by atoms with E-state index in [0.717, 1.165) is 29.2 Å². The molecule has 0 radical (unpaired) electrons. The first kappa shape index (κ1) is 16.1. The van der Waals surface area contributed by atoms with Gasteiger partial charge in [-0.05, 0) is 30.5 Å². The van der Waals surface area contributed by atoms with Crippen molar-refractivity contribution in [3.63, 3.8) is 0 Å². The first-order chi connectivity index (χ1) is 10.6. The van der Waals surface area contributed by atoms with Crippen LogP contribution in [0.1, 0.15) is 24.8 Å². The standard InChI is InChI=1S/C14H13Cl2N3OS2/c15-10-5-2-6-11(16)9(10)7-21-14-19-18-13(22-14)17-12(20)8-3-1-4-8/h2,5-6,8H,1,3-4,7H2,(H,17,18,20). The Balaban J connectivity index is 1.58. The lowest BCUT2D eigenvalue weighted by Gasteiger charge is -2.23. The Labute approximate surface area is 146 Å². The van der Waals surface area contributed by atoms with Crippen LogP contribution < -0.4 is 5.32 Å². The minimum atomic E-state index is 0.0492. The number of amides is 1. The Kier molecular flexibility index (Phi) is 5.23. The number of carbonyl (C=O) groups is 1. The number of halogens is 2. The molecule has 1 aliphatic carbocycles. The number of nitrogens with zero attached hydrogens (tertiary/aromatic N) is 2. The molecule has 3 rings (SSSR count). The molecule has 1 aliphatic rings. The summed E-state index contributed by atoms with van der Waals surface area (Å²) in [5.74, 6) is 0.805. The highest BCUT2D eigenvalue weighted by Gasteiger charge is 2.26. The topological polar surface area (TPSA) is 54.9 Å². The van der Waals surface area contributed by atoms with Crippen molar-refractivity contribution in [2.45, 2.75) is 29.4 Å². The predicted molar refractivity (Wildman–Crippen MR) is 91.9 cm³/mol. The highest BCUT2D eigenvalue weighted by Crippen LogP contribution is 2.34. The van der Waals surface area contributed by atoms with Crippen molar-refractivity contribution >= 4 is 57.3 Å². The van der Waals surface area contributed by atoms with E-state index >= 15 is 0 Å². The summed E-state index contributed by atoms with van der Waals surface area (Å²) < 4.78 is 0.778. The number of thioether (sulfide) groups is 1. The SMILES string of the molecule is O=C(Nc1nnc(SCc2c(Cl)cccc2Cl)s1)C1CCC1. The van der Waals surface area contributed by atoms with E-state index in [0.29, 0.717) is 20.9 Å². The van der Waals surface area contributed by atoms with Gasteiger partial charge in [-0.25, -0.2) is 0 Å². The summed E-state index contributed by atoms with van der Waals surface area (Å²) in [6, 6.07) is 5.44. The van der Waals surface area contributed by atoms with Crippen molar-refractivity contribution in [1.82, 2.24) is 10.2 Å². The molecule has 8 heteroatoms. The normalized spacial score (nSPS) is 14.6. The summed E-state index contributed by atoms with van der Waals surface area (Å²) in [5.41, 5.74) is 0.881. The van der Waals surface area contributed by atoms with Crippen LogP contribution >= 0.6 is 46.3 Å². The van der Waals surface area contributed by atoms with Crippen LogP contribution in [0.5, 0.6) is 0 Å².